The lowest BCUT2D eigenvalue weighted by Crippen LogP contribution is -2.40. The Morgan fingerprint density at radius 1 is 1.28 bits per heavy atom. The number of carbonyl (C=O) groups excluding carboxylic acids is 2. The van der Waals surface area contributed by atoms with Gasteiger partial charge in [-0.1, -0.05) is 12.1 Å². The molecule has 1 heterocycles. The molecule has 0 bridgehead atoms. The monoisotopic (exact) mass is 415 g/mol. The summed E-state index contributed by atoms with van der Waals surface area (Å²) in [5.41, 5.74) is -1.04. The second kappa shape index (κ2) is 8.18. The van der Waals surface area contributed by atoms with Gasteiger partial charge in [0.25, 0.3) is 12.3 Å². The molecule has 157 valence electrons. The average Bonchev–Trinajstić information content (AvgIpc) is 2.62. The van der Waals surface area contributed by atoms with Crippen LogP contribution in [0.1, 0.15) is 27.8 Å². The standard InChI is InChI=1S/C20H16F5N2O2.2H2/c1-9(12-4-2-11(22)7-15(12)23)26-17(28)8-14-18(19(24)25)13-6-10(21)3-5-16(13)27-20(14)29;;/h2-7,9,13,19H,8H2,1H3,(H,26,28)(H,27,29);2*1H/t9-,13?;;/m0../s1. The Bertz CT molecular complexity index is 963. The molecule has 2 N–H and O–H groups in total. The number of halogens is 5. The number of hydrogen-bond acceptors (Lipinski definition) is 2. The molecule has 1 aromatic carbocycles. The summed E-state index contributed by atoms with van der Waals surface area (Å²) in [4.78, 5) is 24.6. The quantitative estimate of drug-likeness (QED) is 0.705. The van der Waals surface area contributed by atoms with Crippen LogP contribution in [0, 0.1) is 24.0 Å². The van der Waals surface area contributed by atoms with Crippen molar-refractivity contribution in [1.29, 1.82) is 0 Å². The van der Waals surface area contributed by atoms with Crippen LogP contribution < -0.4 is 10.6 Å². The molecule has 2 amide bonds. The normalized spacial score (nSPS) is 20.0. The molecule has 0 saturated carbocycles. The Hall–Kier alpha value is -2.97. The van der Waals surface area contributed by atoms with Crippen molar-refractivity contribution in [3.63, 3.8) is 0 Å². The smallest absolute Gasteiger partial charge is 0.261 e. The van der Waals surface area contributed by atoms with Crippen LogP contribution >= 0.6 is 0 Å². The summed E-state index contributed by atoms with van der Waals surface area (Å²) >= 11 is 0. The Morgan fingerprint density at radius 2 is 2.00 bits per heavy atom. The van der Waals surface area contributed by atoms with E-state index in [0.717, 1.165) is 24.6 Å². The minimum atomic E-state index is -3.09. The van der Waals surface area contributed by atoms with E-state index < -0.39 is 65.2 Å². The fourth-order valence-corrected chi connectivity index (χ4v) is 3.31. The van der Waals surface area contributed by atoms with Gasteiger partial charge in [-0.2, -0.15) is 0 Å². The molecule has 1 aromatic rings. The van der Waals surface area contributed by atoms with Gasteiger partial charge in [-0.05, 0) is 19.1 Å². The maximum atomic E-state index is 13.8. The maximum absolute atomic E-state index is 13.8. The SMILES string of the molecule is C[C@H](NC(=O)CC1=C(C(F)F)C2C=C(F)[CH]C=C2NC1=O)c1ccc(F)cc1F.[HH].[HH]. The first-order valence-electron chi connectivity index (χ1n) is 8.66. The molecule has 4 nitrogen and oxygen atoms in total. The van der Waals surface area contributed by atoms with Gasteiger partial charge in [0.15, 0.2) is 0 Å². The molecule has 1 radical (unpaired) electrons. The van der Waals surface area contributed by atoms with Gasteiger partial charge >= 0.3 is 0 Å². The van der Waals surface area contributed by atoms with Crippen molar-refractivity contribution in [3.05, 3.63) is 76.6 Å². The van der Waals surface area contributed by atoms with E-state index in [1.165, 1.54) is 13.0 Å². The summed E-state index contributed by atoms with van der Waals surface area (Å²) in [6.45, 7) is 1.42. The molecular formula is C20H20F5N2O2. The minimum Gasteiger partial charge on any atom is -0.349 e. The summed E-state index contributed by atoms with van der Waals surface area (Å²) in [7, 11) is 0. The molecule has 0 saturated heterocycles. The van der Waals surface area contributed by atoms with E-state index in [2.05, 4.69) is 10.6 Å². The number of fused-ring (bicyclic) bond motifs is 1. The van der Waals surface area contributed by atoms with Crippen LogP contribution in [0.2, 0.25) is 0 Å². The van der Waals surface area contributed by atoms with Gasteiger partial charge in [-0.3, -0.25) is 9.59 Å². The summed E-state index contributed by atoms with van der Waals surface area (Å²) in [6.07, 6.45) is -0.638. The molecule has 1 aliphatic heterocycles. The zero-order chi connectivity index (χ0) is 21.3. The van der Waals surface area contributed by atoms with Crippen LogP contribution in [0.25, 0.3) is 0 Å². The Morgan fingerprint density at radius 3 is 2.66 bits per heavy atom. The zero-order valence-electron chi connectivity index (χ0n) is 15.1. The van der Waals surface area contributed by atoms with Crippen molar-refractivity contribution in [1.82, 2.24) is 10.6 Å². The lowest BCUT2D eigenvalue weighted by molar-refractivity contribution is -0.123. The Kier molecular flexibility index (Phi) is 5.86. The van der Waals surface area contributed by atoms with Gasteiger partial charge in [-0.25, -0.2) is 22.0 Å². The third-order valence-electron chi connectivity index (χ3n) is 4.68. The number of amides is 2. The fourth-order valence-electron chi connectivity index (χ4n) is 3.31. The predicted molar refractivity (Wildman–Crippen MR) is 98.0 cm³/mol. The number of nitrogens with one attached hydrogen (secondary N) is 2. The van der Waals surface area contributed by atoms with Gasteiger partial charge in [-0.15, -0.1) is 0 Å². The molecule has 2 atom stereocenters. The predicted octanol–water partition coefficient (Wildman–Crippen LogP) is 4.29. The number of hydrogen-bond donors (Lipinski definition) is 2. The van der Waals surface area contributed by atoms with Crippen LogP contribution in [0.5, 0.6) is 0 Å². The second-order valence-corrected chi connectivity index (χ2v) is 6.64. The second-order valence-electron chi connectivity index (χ2n) is 6.64. The Labute approximate surface area is 166 Å². The summed E-state index contributed by atoms with van der Waals surface area (Å²) in [5, 5.41) is 4.78. The lowest BCUT2D eigenvalue weighted by atomic mass is 9.83. The molecule has 3 rings (SSSR count). The fraction of sp³-hybridized carbons (Fsp3) is 0.250. The number of alkyl halides is 2. The minimum absolute atomic E-state index is 0. The number of benzene rings is 1. The molecule has 0 fully saturated rings. The summed E-state index contributed by atoms with van der Waals surface area (Å²) in [5.74, 6) is -5.30. The van der Waals surface area contributed by atoms with Crippen molar-refractivity contribution in [2.24, 2.45) is 5.92 Å². The highest BCUT2D eigenvalue weighted by Crippen LogP contribution is 2.37. The average molecular weight is 415 g/mol. The summed E-state index contributed by atoms with van der Waals surface area (Å²) < 4.78 is 67.7. The van der Waals surface area contributed by atoms with E-state index in [4.69, 9.17) is 0 Å². The van der Waals surface area contributed by atoms with Crippen LogP contribution in [0.4, 0.5) is 22.0 Å². The molecule has 0 spiro atoms. The van der Waals surface area contributed by atoms with Crippen molar-refractivity contribution < 1.29 is 34.4 Å². The molecule has 0 aromatic heterocycles. The highest BCUT2D eigenvalue weighted by atomic mass is 19.3. The summed E-state index contributed by atoms with van der Waals surface area (Å²) in [6, 6.07) is 1.92. The molecule has 1 aliphatic carbocycles. The molecule has 1 unspecified atom stereocenters. The number of carbonyl (C=O) groups is 2. The zero-order valence-corrected chi connectivity index (χ0v) is 15.1. The lowest BCUT2D eigenvalue weighted by Gasteiger charge is -2.31. The van der Waals surface area contributed by atoms with Crippen LogP contribution in [0.15, 0.2) is 53.0 Å². The van der Waals surface area contributed by atoms with Gasteiger partial charge in [0.2, 0.25) is 5.91 Å². The maximum Gasteiger partial charge on any atom is 0.261 e. The first-order chi connectivity index (χ1) is 13.7. The van der Waals surface area contributed by atoms with Gasteiger partial charge in [0.1, 0.15) is 17.5 Å². The van der Waals surface area contributed by atoms with E-state index in [-0.39, 0.29) is 14.1 Å². The highest BCUT2D eigenvalue weighted by molar-refractivity contribution is 6.02. The van der Waals surface area contributed by atoms with E-state index >= 15 is 0 Å². The van der Waals surface area contributed by atoms with Gasteiger partial charge in [0, 0.05) is 43.7 Å². The molecule has 29 heavy (non-hydrogen) atoms. The van der Waals surface area contributed by atoms with E-state index in [1.807, 2.05) is 0 Å². The van der Waals surface area contributed by atoms with E-state index in [0.29, 0.717) is 6.07 Å². The van der Waals surface area contributed by atoms with E-state index in [9.17, 15) is 31.5 Å². The highest BCUT2D eigenvalue weighted by Gasteiger charge is 2.37. The third-order valence-corrected chi connectivity index (χ3v) is 4.68. The van der Waals surface area contributed by atoms with Crippen LogP contribution in [0.3, 0.4) is 0 Å². The largest absolute Gasteiger partial charge is 0.349 e. The molecule has 9 heteroatoms. The van der Waals surface area contributed by atoms with E-state index in [1.54, 1.807) is 0 Å². The molecular weight excluding hydrogens is 395 g/mol. The third kappa shape index (κ3) is 4.38. The van der Waals surface area contributed by atoms with Gasteiger partial charge < -0.3 is 10.6 Å². The van der Waals surface area contributed by atoms with Gasteiger partial charge in [0.05, 0.1) is 12.5 Å². The van der Waals surface area contributed by atoms with Crippen molar-refractivity contribution in [3.8, 4) is 0 Å². The van der Waals surface area contributed by atoms with Crippen LogP contribution in [-0.4, -0.2) is 18.2 Å². The number of rotatable bonds is 5. The topological polar surface area (TPSA) is 58.2 Å². The van der Waals surface area contributed by atoms with Crippen molar-refractivity contribution in [2.45, 2.75) is 25.8 Å². The number of allylic oxidation sites excluding steroid dienone is 3. The molecule has 2 aliphatic rings. The van der Waals surface area contributed by atoms with Crippen molar-refractivity contribution in [2.75, 3.05) is 0 Å². The van der Waals surface area contributed by atoms with Crippen molar-refractivity contribution >= 4 is 11.8 Å². The first kappa shape index (κ1) is 20.8. The first-order valence-corrected chi connectivity index (χ1v) is 8.66. The van der Waals surface area contributed by atoms with Crippen LogP contribution in [-0.2, 0) is 9.59 Å². The Balaban J connectivity index is 0.00000240.